The largest absolute Gasteiger partial charge is 0.489 e. The highest BCUT2D eigenvalue weighted by atomic mass is 16.5. The average Bonchev–Trinajstić information content (AvgIpc) is 2.44. The average molecular weight is 274 g/mol. The molecule has 1 aromatic carbocycles. The number of hydrogen-bond acceptors (Lipinski definition) is 4. The van der Waals surface area contributed by atoms with Crippen LogP contribution >= 0.6 is 0 Å². The van der Waals surface area contributed by atoms with Crippen LogP contribution in [0.1, 0.15) is 23.0 Å². The number of fused-ring (bicyclic) bond motifs is 1. The summed E-state index contributed by atoms with van der Waals surface area (Å²) in [6, 6.07) is 7.60. The number of carbonyl (C=O) groups is 1. The Hall–Kier alpha value is -2.14. The monoisotopic (exact) mass is 274 g/mol. The Morgan fingerprint density at radius 3 is 2.90 bits per heavy atom. The van der Waals surface area contributed by atoms with E-state index < -0.39 is 0 Å². The quantitative estimate of drug-likeness (QED) is 0.870. The summed E-state index contributed by atoms with van der Waals surface area (Å²) >= 11 is 0. The summed E-state index contributed by atoms with van der Waals surface area (Å²) in [4.78, 5) is 16.4. The van der Waals surface area contributed by atoms with Crippen molar-refractivity contribution in [2.45, 2.75) is 13.8 Å². The van der Waals surface area contributed by atoms with E-state index in [1.54, 1.807) is 6.07 Å². The van der Waals surface area contributed by atoms with Crippen LogP contribution in [0, 0.1) is 6.92 Å². The van der Waals surface area contributed by atoms with Gasteiger partial charge in [-0.05, 0) is 32.0 Å². The molecule has 0 radical (unpaired) electrons. The fourth-order valence-corrected chi connectivity index (χ4v) is 1.95. The normalized spacial score (nSPS) is 10.6. The summed E-state index contributed by atoms with van der Waals surface area (Å²) in [5.41, 5.74) is 2.10. The first-order valence-corrected chi connectivity index (χ1v) is 6.59. The first kappa shape index (κ1) is 14.3. The third kappa shape index (κ3) is 3.05. The summed E-state index contributed by atoms with van der Waals surface area (Å²) in [6.45, 7) is 4.37. The molecule has 2 rings (SSSR count). The molecule has 0 unspecified atom stereocenters. The Morgan fingerprint density at radius 2 is 2.20 bits per heavy atom. The van der Waals surface area contributed by atoms with Crippen LogP contribution < -0.4 is 10.1 Å². The maximum atomic E-state index is 12.0. The van der Waals surface area contributed by atoms with E-state index in [4.69, 9.17) is 9.84 Å². The molecular weight excluding hydrogens is 256 g/mol. The predicted molar refractivity (Wildman–Crippen MR) is 77.1 cm³/mol. The SMILES string of the molecule is CCNC(=O)c1nc2ccc(C)cc2cc1OCCO. The molecule has 20 heavy (non-hydrogen) atoms. The zero-order valence-electron chi connectivity index (χ0n) is 11.6. The summed E-state index contributed by atoms with van der Waals surface area (Å²) < 4.78 is 5.43. The fraction of sp³-hybridized carbons (Fsp3) is 0.333. The third-order valence-corrected chi connectivity index (χ3v) is 2.84. The molecular formula is C15H18N2O3. The number of aliphatic hydroxyl groups excluding tert-OH is 1. The third-order valence-electron chi connectivity index (χ3n) is 2.84. The lowest BCUT2D eigenvalue weighted by molar-refractivity contribution is 0.0945. The van der Waals surface area contributed by atoms with Crippen molar-refractivity contribution in [2.75, 3.05) is 19.8 Å². The minimum atomic E-state index is -0.275. The molecule has 2 N–H and O–H groups in total. The van der Waals surface area contributed by atoms with Gasteiger partial charge in [-0.25, -0.2) is 4.98 Å². The van der Waals surface area contributed by atoms with Crippen molar-refractivity contribution in [1.29, 1.82) is 0 Å². The molecule has 1 aromatic heterocycles. The second-order valence-electron chi connectivity index (χ2n) is 4.46. The van der Waals surface area contributed by atoms with E-state index in [1.807, 2.05) is 32.0 Å². The van der Waals surface area contributed by atoms with Gasteiger partial charge >= 0.3 is 0 Å². The van der Waals surface area contributed by atoms with E-state index in [0.29, 0.717) is 12.3 Å². The molecule has 106 valence electrons. The highest BCUT2D eigenvalue weighted by Crippen LogP contribution is 2.24. The molecule has 0 spiro atoms. The number of aryl methyl sites for hydroxylation is 1. The van der Waals surface area contributed by atoms with Gasteiger partial charge in [-0.15, -0.1) is 0 Å². The van der Waals surface area contributed by atoms with E-state index in [-0.39, 0.29) is 24.8 Å². The zero-order valence-corrected chi connectivity index (χ0v) is 11.6. The number of amides is 1. The number of aliphatic hydroxyl groups is 1. The predicted octanol–water partition coefficient (Wildman–Crippen LogP) is 1.66. The Morgan fingerprint density at radius 1 is 1.40 bits per heavy atom. The molecule has 0 saturated carbocycles. The number of carbonyl (C=O) groups excluding carboxylic acids is 1. The topological polar surface area (TPSA) is 71.5 Å². The van der Waals surface area contributed by atoms with Gasteiger partial charge < -0.3 is 15.2 Å². The van der Waals surface area contributed by atoms with Crippen LogP contribution in [-0.4, -0.2) is 35.8 Å². The number of rotatable bonds is 5. The van der Waals surface area contributed by atoms with Gasteiger partial charge in [-0.1, -0.05) is 11.6 Å². The van der Waals surface area contributed by atoms with Crippen LogP contribution in [0.4, 0.5) is 0 Å². The number of aromatic nitrogens is 1. The molecule has 0 atom stereocenters. The fourth-order valence-electron chi connectivity index (χ4n) is 1.95. The second-order valence-corrected chi connectivity index (χ2v) is 4.46. The maximum Gasteiger partial charge on any atom is 0.273 e. The lowest BCUT2D eigenvalue weighted by atomic mass is 10.1. The molecule has 1 amide bonds. The van der Waals surface area contributed by atoms with Crippen molar-refractivity contribution in [3.8, 4) is 5.75 Å². The summed E-state index contributed by atoms with van der Waals surface area (Å²) in [5, 5.41) is 12.5. The van der Waals surface area contributed by atoms with Crippen LogP contribution in [0.5, 0.6) is 5.75 Å². The van der Waals surface area contributed by atoms with E-state index in [0.717, 1.165) is 16.5 Å². The highest BCUT2D eigenvalue weighted by Gasteiger charge is 2.15. The molecule has 2 aromatic rings. The smallest absolute Gasteiger partial charge is 0.273 e. The minimum Gasteiger partial charge on any atom is -0.489 e. The van der Waals surface area contributed by atoms with Gasteiger partial charge in [0.1, 0.15) is 6.61 Å². The molecule has 0 bridgehead atoms. The van der Waals surface area contributed by atoms with Crippen LogP contribution in [0.3, 0.4) is 0 Å². The van der Waals surface area contributed by atoms with Crippen molar-refractivity contribution in [3.05, 3.63) is 35.5 Å². The number of pyridine rings is 1. The highest BCUT2D eigenvalue weighted by molar-refractivity contribution is 5.98. The van der Waals surface area contributed by atoms with Gasteiger partial charge in [-0.3, -0.25) is 4.79 Å². The molecule has 0 aliphatic heterocycles. The lowest BCUT2D eigenvalue weighted by Crippen LogP contribution is -2.24. The molecule has 1 heterocycles. The van der Waals surface area contributed by atoms with E-state index in [2.05, 4.69) is 10.3 Å². The zero-order chi connectivity index (χ0) is 14.5. The van der Waals surface area contributed by atoms with Crippen molar-refractivity contribution in [1.82, 2.24) is 10.3 Å². The van der Waals surface area contributed by atoms with Gasteiger partial charge in [0.15, 0.2) is 11.4 Å². The van der Waals surface area contributed by atoms with Gasteiger partial charge in [-0.2, -0.15) is 0 Å². The summed E-state index contributed by atoms with van der Waals surface area (Å²) in [6.07, 6.45) is 0. The lowest BCUT2D eigenvalue weighted by Gasteiger charge is -2.11. The van der Waals surface area contributed by atoms with Crippen molar-refractivity contribution >= 4 is 16.8 Å². The Kier molecular flexibility index (Phi) is 4.53. The number of ether oxygens (including phenoxy) is 1. The number of hydrogen-bond donors (Lipinski definition) is 2. The first-order valence-electron chi connectivity index (χ1n) is 6.59. The molecule has 0 aliphatic carbocycles. The van der Waals surface area contributed by atoms with E-state index >= 15 is 0 Å². The van der Waals surface area contributed by atoms with Crippen LogP contribution in [0.25, 0.3) is 10.9 Å². The minimum absolute atomic E-state index is 0.110. The van der Waals surface area contributed by atoms with Crippen LogP contribution in [-0.2, 0) is 0 Å². The maximum absolute atomic E-state index is 12.0. The molecule has 0 saturated heterocycles. The number of nitrogens with zero attached hydrogens (tertiary/aromatic N) is 1. The van der Waals surface area contributed by atoms with E-state index in [9.17, 15) is 4.79 Å². The second kappa shape index (κ2) is 6.34. The molecule has 5 heteroatoms. The van der Waals surface area contributed by atoms with Crippen molar-refractivity contribution < 1.29 is 14.6 Å². The van der Waals surface area contributed by atoms with Crippen molar-refractivity contribution in [3.63, 3.8) is 0 Å². The Bertz CT molecular complexity index is 626. The van der Waals surface area contributed by atoms with Gasteiger partial charge in [0, 0.05) is 11.9 Å². The number of nitrogens with one attached hydrogen (secondary N) is 1. The summed E-state index contributed by atoms with van der Waals surface area (Å²) in [7, 11) is 0. The Labute approximate surface area is 117 Å². The number of benzene rings is 1. The van der Waals surface area contributed by atoms with Gasteiger partial charge in [0.2, 0.25) is 0 Å². The van der Waals surface area contributed by atoms with Crippen LogP contribution in [0.15, 0.2) is 24.3 Å². The first-order chi connectivity index (χ1) is 9.65. The van der Waals surface area contributed by atoms with Gasteiger partial charge in [0.25, 0.3) is 5.91 Å². The Balaban J connectivity index is 2.51. The van der Waals surface area contributed by atoms with Gasteiger partial charge in [0.05, 0.1) is 12.1 Å². The summed E-state index contributed by atoms with van der Waals surface area (Å²) in [5.74, 6) is 0.117. The standard InChI is InChI=1S/C15H18N2O3/c1-3-16-15(19)14-13(20-7-6-18)9-11-8-10(2)4-5-12(11)17-14/h4-5,8-9,18H,3,6-7H2,1-2H3,(H,16,19). The van der Waals surface area contributed by atoms with E-state index in [1.165, 1.54) is 0 Å². The molecule has 5 nitrogen and oxygen atoms in total. The van der Waals surface area contributed by atoms with Crippen LogP contribution in [0.2, 0.25) is 0 Å². The molecule has 0 fully saturated rings. The van der Waals surface area contributed by atoms with Crippen molar-refractivity contribution in [2.24, 2.45) is 0 Å². The molecule has 0 aliphatic rings.